The molecule has 0 aliphatic carbocycles. The minimum Gasteiger partial charge on any atom is -0.465 e. The van der Waals surface area contributed by atoms with Crippen molar-refractivity contribution < 1.29 is 24.6 Å². The Balaban J connectivity index is 2.10. The molecule has 2 fully saturated rings. The molecule has 0 radical (unpaired) electrons. The van der Waals surface area contributed by atoms with Crippen molar-refractivity contribution in [1.29, 1.82) is 0 Å². The fourth-order valence-electron chi connectivity index (χ4n) is 2.41. The third kappa shape index (κ3) is 1.58. The van der Waals surface area contributed by atoms with Crippen LogP contribution in [0.3, 0.4) is 0 Å². The van der Waals surface area contributed by atoms with Gasteiger partial charge in [-0.15, -0.1) is 0 Å². The molecule has 7 nitrogen and oxygen atoms in total. The summed E-state index contributed by atoms with van der Waals surface area (Å²) in [5.74, 6) is -0.900. The molecule has 0 aromatic rings. The Morgan fingerprint density at radius 1 is 1.19 bits per heavy atom. The lowest BCUT2D eigenvalue weighted by Gasteiger charge is -2.31. The Hall–Kier alpha value is -1.79. The fraction of sp³-hybridized carbons (Fsp3) is 0.667. The molecule has 2 rings (SSSR count). The van der Waals surface area contributed by atoms with E-state index in [4.69, 9.17) is 10.2 Å². The van der Waals surface area contributed by atoms with Crippen LogP contribution in [0.15, 0.2) is 0 Å². The minimum atomic E-state index is -1.25. The Bertz CT molecular complexity index is 356. The molecule has 0 saturated carbocycles. The molecule has 0 bridgehead atoms. The molecule has 2 aliphatic rings. The van der Waals surface area contributed by atoms with Gasteiger partial charge in [-0.25, -0.2) is 14.5 Å². The van der Waals surface area contributed by atoms with Gasteiger partial charge >= 0.3 is 12.2 Å². The van der Waals surface area contributed by atoms with Crippen molar-refractivity contribution >= 4 is 18.1 Å². The summed E-state index contributed by atoms with van der Waals surface area (Å²) in [6, 6.07) is 0. The summed E-state index contributed by atoms with van der Waals surface area (Å²) >= 11 is 0. The fourth-order valence-corrected chi connectivity index (χ4v) is 2.41. The first-order valence-electron chi connectivity index (χ1n) is 5.03. The molecule has 2 N–H and O–H groups in total. The molecule has 88 valence electrons. The van der Waals surface area contributed by atoms with Crippen LogP contribution in [0, 0.1) is 11.8 Å². The lowest BCUT2D eigenvalue weighted by molar-refractivity contribution is -0.130. The van der Waals surface area contributed by atoms with Gasteiger partial charge in [-0.3, -0.25) is 4.79 Å². The number of rotatable bonds is 0. The zero-order chi connectivity index (χ0) is 11.9. The summed E-state index contributed by atoms with van der Waals surface area (Å²) in [7, 11) is 0. The smallest absolute Gasteiger partial charge is 0.414 e. The molecular formula is C9H12N2O5. The van der Waals surface area contributed by atoms with Crippen molar-refractivity contribution in [2.45, 2.75) is 6.42 Å². The van der Waals surface area contributed by atoms with Gasteiger partial charge in [0.05, 0.1) is 0 Å². The van der Waals surface area contributed by atoms with Crippen LogP contribution in [0.25, 0.3) is 0 Å². The highest BCUT2D eigenvalue weighted by atomic mass is 16.4. The number of imide groups is 1. The third-order valence-corrected chi connectivity index (χ3v) is 3.24. The van der Waals surface area contributed by atoms with E-state index in [1.165, 1.54) is 4.90 Å². The number of hydrogen-bond acceptors (Lipinski definition) is 3. The van der Waals surface area contributed by atoms with E-state index in [2.05, 4.69) is 0 Å². The maximum atomic E-state index is 11.6. The molecule has 0 aromatic heterocycles. The van der Waals surface area contributed by atoms with Crippen molar-refractivity contribution in [1.82, 2.24) is 9.80 Å². The number of piperidine rings is 1. The second-order valence-electron chi connectivity index (χ2n) is 4.12. The van der Waals surface area contributed by atoms with Gasteiger partial charge in [-0.2, -0.15) is 0 Å². The SMILES string of the molecule is O=C(O)N1CC[C@@H]2C(=O)N(C(=O)O)C[C@@H]2C1. The lowest BCUT2D eigenvalue weighted by atomic mass is 9.88. The summed E-state index contributed by atoms with van der Waals surface area (Å²) < 4.78 is 0. The molecule has 0 spiro atoms. The molecule has 0 unspecified atom stereocenters. The Kier molecular flexibility index (Phi) is 2.45. The highest BCUT2D eigenvalue weighted by Gasteiger charge is 2.46. The molecule has 2 atom stereocenters. The maximum Gasteiger partial charge on any atom is 0.414 e. The van der Waals surface area contributed by atoms with Crippen molar-refractivity contribution in [2.75, 3.05) is 19.6 Å². The first-order valence-corrected chi connectivity index (χ1v) is 5.03. The average Bonchev–Trinajstić information content (AvgIpc) is 2.55. The minimum absolute atomic E-state index is 0.114. The number of fused-ring (bicyclic) bond motifs is 1. The van der Waals surface area contributed by atoms with Crippen LogP contribution in [0.2, 0.25) is 0 Å². The number of carbonyl (C=O) groups is 3. The molecular weight excluding hydrogens is 216 g/mol. The van der Waals surface area contributed by atoms with Crippen LogP contribution in [0.4, 0.5) is 9.59 Å². The molecule has 2 aliphatic heterocycles. The quantitative estimate of drug-likeness (QED) is 0.613. The number of carbonyl (C=O) groups excluding carboxylic acids is 1. The first kappa shape index (κ1) is 10.7. The highest BCUT2D eigenvalue weighted by Crippen LogP contribution is 2.32. The number of nitrogens with zero attached hydrogens (tertiary/aromatic N) is 2. The van der Waals surface area contributed by atoms with Gasteiger partial charge in [0.25, 0.3) is 0 Å². The Labute approximate surface area is 91.2 Å². The van der Waals surface area contributed by atoms with Crippen molar-refractivity contribution in [3.8, 4) is 0 Å². The van der Waals surface area contributed by atoms with E-state index in [0.717, 1.165) is 4.90 Å². The second kappa shape index (κ2) is 3.66. The largest absolute Gasteiger partial charge is 0.465 e. The first-order chi connectivity index (χ1) is 7.50. The molecule has 2 heterocycles. The lowest BCUT2D eigenvalue weighted by Crippen LogP contribution is -2.43. The zero-order valence-corrected chi connectivity index (χ0v) is 8.50. The van der Waals surface area contributed by atoms with Crippen molar-refractivity contribution in [3.05, 3.63) is 0 Å². The summed E-state index contributed by atoms with van der Waals surface area (Å²) in [4.78, 5) is 35.2. The molecule has 16 heavy (non-hydrogen) atoms. The normalized spacial score (nSPS) is 29.1. The van der Waals surface area contributed by atoms with E-state index in [9.17, 15) is 14.4 Å². The van der Waals surface area contributed by atoms with Gasteiger partial charge < -0.3 is 15.1 Å². The van der Waals surface area contributed by atoms with Crippen molar-refractivity contribution in [2.24, 2.45) is 11.8 Å². The predicted molar refractivity (Wildman–Crippen MR) is 50.9 cm³/mol. The average molecular weight is 228 g/mol. The monoisotopic (exact) mass is 228 g/mol. The van der Waals surface area contributed by atoms with Crippen LogP contribution < -0.4 is 0 Å². The van der Waals surface area contributed by atoms with Gasteiger partial charge in [-0.05, 0) is 6.42 Å². The maximum absolute atomic E-state index is 11.6. The third-order valence-electron chi connectivity index (χ3n) is 3.24. The van der Waals surface area contributed by atoms with Crippen molar-refractivity contribution in [3.63, 3.8) is 0 Å². The molecule has 7 heteroatoms. The Morgan fingerprint density at radius 2 is 1.88 bits per heavy atom. The van der Waals surface area contributed by atoms with Crippen LogP contribution >= 0.6 is 0 Å². The van der Waals surface area contributed by atoms with Crippen LogP contribution in [-0.2, 0) is 4.79 Å². The van der Waals surface area contributed by atoms with Gasteiger partial charge in [0.1, 0.15) is 0 Å². The summed E-state index contributed by atoms with van der Waals surface area (Å²) in [6.07, 6.45) is -1.85. The van der Waals surface area contributed by atoms with E-state index in [1.807, 2.05) is 0 Å². The summed E-state index contributed by atoms with van der Waals surface area (Å²) in [5.41, 5.74) is 0. The number of amides is 3. The van der Waals surface area contributed by atoms with E-state index in [-0.39, 0.29) is 30.8 Å². The second-order valence-corrected chi connectivity index (χ2v) is 4.12. The summed E-state index contributed by atoms with van der Waals surface area (Å²) in [5, 5.41) is 17.6. The number of carboxylic acid groups (broad SMARTS) is 2. The molecule has 0 aromatic carbocycles. The van der Waals surface area contributed by atoms with Crippen LogP contribution in [-0.4, -0.2) is 57.7 Å². The van der Waals surface area contributed by atoms with E-state index < -0.39 is 12.2 Å². The van der Waals surface area contributed by atoms with Gasteiger partial charge in [0.2, 0.25) is 5.91 Å². The number of hydrogen-bond donors (Lipinski definition) is 2. The van der Waals surface area contributed by atoms with E-state index in [0.29, 0.717) is 13.0 Å². The van der Waals surface area contributed by atoms with Gasteiger partial charge in [0.15, 0.2) is 0 Å². The number of likely N-dealkylation sites (tertiary alicyclic amines) is 2. The zero-order valence-electron chi connectivity index (χ0n) is 8.50. The van der Waals surface area contributed by atoms with Gasteiger partial charge in [0, 0.05) is 31.5 Å². The molecule has 3 amide bonds. The topological polar surface area (TPSA) is 98.2 Å². The Morgan fingerprint density at radius 3 is 2.44 bits per heavy atom. The standard InChI is InChI=1S/C9H12N2O5/c12-7-6-1-2-10(8(13)14)3-5(6)4-11(7)9(15)16/h5-6H,1-4H2,(H,13,14)(H,15,16)/t5-,6-/m0/s1. The predicted octanol–water partition coefficient (Wildman–Crippen LogP) is 0.123. The van der Waals surface area contributed by atoms with Crippen LogP contribution in [0.5, 0.6) is 0 Å². The molecule has 2 saturated heterocycles. The van der Waals surface area contributed by atoms with Crippen LogP contribution in [0.1, 0.15) is 6.42 Å². The van der Waals surface area contributed by atoms with E-state index in [1.54, 1.807) is 0 Å². The highest BCUT2D eigenvalue weighted by molar-refractivity contribution is 5.94. The van der Waals surface area contributed by atoms with E-state index >= 15 is 0 Å². The summed E-state index contributed by atoms with van der Waals surface area (Å²) in [6.45, 7) is 0.661. The van der Waals surface area contributed by atoms with Gasteiger partial charge in [-0.1, -0.05) is 0 Å².